The van der Waals surface area contributed by atoms with Crippen LogP contribution in [-0.2, 0) is 4.74 Å². The summed E-state index contributed by atoms with van der Waals surface area (Å²) in [6.45, 7) is 3.62. The molecule has 0 saturated heterocycles. The average Bonchev–Trinajstić information content (AvgIpc) is 3.30. The average molecular weight is 357 g/mol. The van der Waals surface area contributed by atoms with Gasteiger partial charge >= 0.3 is 5.97 Å². The first-order valence-corrected chi connectivity index (χ1v) is 7.62. The number of carbonyl (C=O) groups is 1. The van der Waals surface area contributed by atoms with Crippen molar-refractivity contribution in [3.05, 3.63) is 72.0 Å². The zero-order valence-corrected chi connectivity index (χ0v) is 13.8. The summed E-state index contributed by atoms with van der Waals surface area (Å²) in [6.07, 6.45) is 5.94. The van der Waals surface area contributed by atoms with Gasteiger partial charge in [-0.25, -0.2) is 9.47 Å². The standard InChI is InChI=1S/C17H13ClN4O3/c1-2-7-24-17(23)14-8-12(3-5-15(14)18)16-6-4-13(25-16)9-21-22-10-19-20-11-22/h2-6,8-11H,1,7H2/b21-9+. The molecule has 2 heterocycles. The lowest BCUT2D eigenvalue weighted by atomic mass is 10.1. The van der Waals surface area contributed by atoms with Crippen LogP contribution in [0.2, 0.25) is 5.02 Å². The summed E-state index contributed by atoms with van der Waals surface area (Å²) in [5, 5.41) is 11.7. The van der Waals surface area contributed by atoms with Crippen molar-refractivity contribution in [2.45, 2.75) is 0 Å². The Hall–Kier alpha value is -3.19. The second-order valence-electron chi connectivity index (χ2n) is 4.87. The second-order valence-corrected chi connectivity index (χ2v) is 5.28. The summed E-state index contributed by atoms with van der Waals surface area (Å²) < 4.78 is 12.2. The fourth-order valence-electron chi connectivity index (χ4n) is 2.00. The Morgan fingerprint density at radius 3 is 2.88 bits per heavy atom. The molecule has 1 aromatic carbocycles. The number of hydrogen-bond acceptors (Lipinski definition) is 6. The largest absolute Gasteiger partial charge is 0.458 e. The molecule has 0 atom stereocenters. The fraction of sp³-hybridized carbons (Fsp3) is 0.0588. The van der Waals surface area contributed by atoms with E-state index in [0.29, 0.717) is 22.1 Å². The molecular weight excluding hydrogens is 344 g/mol. The number of halogens is 1. The van der Waals surface area contributed by atoms with Gasteiger partial charge in [-0.1, -0.05) is 24.3 Å². The number of nitrogens with zero attached hydrogens (tertiary/aromatic N) is 4. The topological polar surface area (TPSA) is 82.5 Å². The van der Waals surface area contributed by atoms with E-state index in [1.807, 2.05) is 0 Å². The SMILES string of the molecule is C=CCOC(=O)c1cc(-c2ccc(/C=N/n3cnnc3)o2)ccc1Cl. The van der Waals surface area contributed by atoms with Gasteiger partial charge in [-0.2, -0.15) is 5.10 Å². The molecule has 3 rings (SSSR count). The van der Waals surface area contributed by atoms with E-state index in [0.717, 1.165) is 0 Å². The molecule has 25 heavy (non-hydrogen) atoms. The number of benzene rings is 1. The van der Waals surface area contributed by atoms with E-state index in [4.69, 9.17) is 20.8 Å². The van der Waals surface area contributed by atoms with Crippen molar-refractivity contribution in [1.29, 1.82) is 0 Å². The molecule has 0 fully saturated rings. The van der Waals surface area contributed by atoms with E-state index in [-0.39, 0.29) is 12.2 Å². The van der Waals surface area contributed by atoms with Gasteiger partial charge in [0.2, 0.25) is 0 Å². The van der Waals surface area contributed by atoms with Crippen LogP contribution in [0, 0.1) is 0 Å². The van der Waals surface area contributed by atoms with Gasteiger partial charge in [-0.05, 0) is 30.3 Å². The minimum absolute atomic E-state index is 0.115. The van der Waals surface area contributed by atoms with Crippen molar-refractivity contribution in [3.63, 3.8) is 0 Å². The normalized spacial score (nSPS) is 10.9. The second kappa shape index (κ2) is 7.59. The summed E-state index contributed by atoms with van der Waals surface area (Å²) in [7, 11) is 0. The van der Waals surface area contributed by atoms with Crippen LogP contribution in [0.3, 0.4) is 0 Å². The van der Waals surface area contributed by atoms with Crippen molar-refractivity contribution < 1.29 is 13.9 Å². The number of aromatic nitrogens is 3. The van der Waals surface area contributed by atoms with E-state index in [2.05, 4.69) is 21.9 Å². The quantitative estimate of drug-likeness (QED) is 0.384. The van der Waals surface area contributed by atoms with Crippen LogP contribution in [0.15, 0.2) is 65.2 Å². The van der Waals surface area contributed by atoms with Crippen LogP contribution in [0.1, 0.15) is 16.1 Å². The molecule has 7 nitrogen and oxygen atoms in total. The molecule has 0 saturated carbocycles. The minimum atomic E-state index is -0.521. The minimum Gasteiger partial charge on any atom is -0.458 e. The zero-order chi connectivity index (χ0) is 17.6. The highest BCUT2D eigenvalue weighted by atomic mass is 35.5. The first-order chi connectivity index (χ1) is 12.2. The van der Waals surface area contributed by atoms with Gasteiger partial charge in [0.05, 0.1) is 16.8 Å². The number of hydrogen-bond donors (Lipinski definition) is 0. The summed E-state index contributed by atoms with van der Waals surface area (Å²) in [6, 6.07) is 8.53. The van der Waals surface area contributed by atoms with Crippen molar-refractivity contribution in [1.82, 2.24) is 14.9 Å². The van der Waals surface area contributed by atoms with Gasteiger partial charge in [0, 0.05) is 5.56 Å². The van der Waals surface area contributed by atoms with E-state index < -0.39 is 5.97 Å². The molecule has 0 aliphatic heterocycles. The number of furan rings is 1. The molecule has 2 aromatic heterocycles. The van der Waals surface area contributed by atoms with Crippen LogP contribution in [0.25, 0.3) is 11.3 Å². The molecule has 0 bridgehead atoms. The number of carbonyl (C=O) groups excluding carboxylic acids is 1. The Morgan fingerprint density at radius 2 is 2.12 bits per heavy atom. The molecular formula is C17H13ClN4O3. The van der Waals surface area contributed by atoms with Crippen molar-refractivity contribution in [3.8, 4) is 11.3 Å². The van der Waals surface area contributed by atoms with E-state index in [9.17, 15) is 4.79 Å². The lowest BCUT2D eigenvalue weighted by Crippen LogP contribution is -2.05. The lowest BCUT2D eigenvalue weighted by Gasteiger charge is -2.06. The van der Waals surface area contributed by atoms with E-state index in [1.54, 1.807) is 30.3 Å². The van der Waals surface area contributed by atoms with Crippen molar-refractivity contribution in [2.75, 3.05) is 6.61 Å². The van der Waals surface area contributed by atoms with Crippen LogP contribution < -0.4 is 0 Å². The van der Waals surface area contributed by atoms with Gasteiger partial charge in [-0.3, -0.25) is 0 Å². The summed E-state index contributed by atoms with van der Waals surface area (Å²) >= 11 is 6.08. The summed E-state index contributed by atoms with van der Waals surface area (Å²) in [5.74, 6) is 0.585. The third-order valence-corrected chi connectivity index (χ3v) is 3.48. The Bertz CT molecular complexity index is 916. The molecule has 0 aliphatic carbocycles. The van der Waals surface area contributed by atoms with Gasteiger partial charge in [0.25, 0.3) is 0 Å². The molecule has 0 aliphatic rings. The third-order valence-electron chi connectivity index (χ3n) is 3.15. The predicted octanol–water partition coefficient (Wildman–Crippen LogP) is 3.42. The van der Waals surface area contributed by atoms with E-state index >= 15 is 0 Å². The van der Waals surface area contributed by atoms with Crippen LogP contribution >= 0.6 is 11.6 Å². The molecule has 0 N–H and O–H groups in total. The Kier molecular flexibility index (Phi) is 5.06. The van der Waals surface area contributed by atoms with Gasteiger partial charge in [0.15, 0.2) is 0 Å². The lowest BCUT2D eigenvalue weighted by molar-refractivity contribution is 0.0550. The third kappa shape index (κ3) is 4.02. The van der Waals surface area contributed by atoms with Crippen molar-refractivity contribution in [2.24, 2.45) is 5.10 Å². The molecule has 0 unspecified atom stereocenters. The maximum absolute atomic E-state index is 12.0. The maximum atomic E-state index is 12.0. The zero-order valence-electron chi connectivity index (χ0n) is 13.0. The molecule has 3 aromatic rings. The highest BCUT2D eigenvalue weighted by Crippen LogP contribution is 2.27. The number of ether oxygens (including phenoxy) is 1. The highest BCUT2D eigenvalue weighted by Gasteiger charge is 2.14. The van der Waals surface area contributed by atoms with Gasteiger partial charge < -0.3 is 9.15 Å². The molecule has 126 valence electrons. The van der Waals surface area contributed by atoms with Crippen molar-refractivity contribution >= 4 is 23.8 Å². The Labute approximate surface area is 148 Å². The molecule has 0 spiro atoms. The number of rotatable bonds is 6. The number of esters is 1. The first-order valence-electron chi connectivity index (χ1n) is 7.24. The van der Waals surface area contributed by atoms with Crippen LogP contribution in [0.4, 0.5) is 0 Å². The fourth-order valence-corrected chi connectivity index (χ4v) is 2.20. The Balaban J connectivity index is 1.82. The molecule has 0 radical (unpaired) electrons. The smallest absolute Gasteiger partial charge is 0.339 e. The van der Waals surface area contributed by atoms with Crippen LogP contribution in [-0.4, -0.2) is 33.7 Å². The maximum Gasteiger partial charge on any atom is 0.339 e. The first kappa shape index (κ1) is 16.7. The Morgan fingerprint density at radius 1 is 1.32 bits per heavy atom. The summed E-state index contributed by atoms with van der Waals surface area (Å²) in [5.41, 5.74) is 0.955. The van der Waals surface area contributed by atoms with Gasteiger partial charge in [-0.15, -0.1) is 10.2 Å². The highest BCUT2D eigenvalue weighted by molar-refractivity contribution is 6.33. The van der Waals surface area contributed by atoms with Gasteiger partial charge in [0.1, 0.15) is 30.8 Å². The predicted molar refractivity (Wildman–Crippen MR) is 92.6 cm³/mol. The molecule has 0 amide bonds. The van der Waals surface area contributed by atoms with E-state index in [1.165, 1.54) is 29.6 Å². The monoisotopic (exact) mass is 356 g/mol. The summed E-state index contributed by atoms with van der Waals surface area (Å²) in [4.78, 5) is 12.0. The molecule has 8 heteroatoms. The van der Waals surface area contributed by atoms with Crippen LogP contribution in [0.5, 0.6) is 0 Å².